The zero-order chi connectivity index (χ0) is 14.5. The van der Waals surface area contributed by atoms with Crippen LogP contribution in [0.1, 0.15) is 29.9 Å². The van der Waals surface area contributed by atoms with Gasteiger partial charge in [0.15, 0.2) is 5.84 Å². The number of oxime groups is 1. The molecule has 0 unspecified atom stereocenters. The van der Waals surface area contributed by atoms with Crippen molar-refractivity contribution in [2.45, 2.75) is 19.5 Å². The second-order valence-electron chi connectivity index (χ2n) is 4.41. The van der Waals surface area contributed by atoms with Crippen molar-refractivity contribution in [1.29, 1.82) is 0 Å². The molecule has 0 amide bonds. The molecular weight excluding hydrogens is 278 g/mol. The minimum Gasteiger partial charge on any atom is -0.468 e. The highest BCUT2D eigenvalue weighted by atomic mass is 35.5. The molecule has 5 nitrogen and oxygen atoms in total. The monoisotopic (exact) mass is 293 g/mol. The van der Waals surface area contributed by atoms with Crippen LogP contribution >= 0.6 is 11.6 Å². The van der Waals surface area contributed by atoms with E-state index < -0.39 is 0 Å². The molecule has 1 heterocycles. The second kappa shape index (κ2) is 6.45. The zero-order valence-electron chi connectivity index (χ0n) is 11.0. The number of amidine groups is 1. The van der Waals surface area contributed by atoms with E-state index >= 15 is 0 Å². The number of nitrogens with one attached hydrogen (secondary N) is 1. The summed E-state index contributed by atoms with van der Waals surface area (Å²) in [6.45, 7) is 2.61. The van der Waals surface area contributed by atoms with Gasteiger partial charge in [0.05, 0.1) is 12.3 Å². The van der Waals surface area contributed by atoms with Crippen molar-refractivity contribution in [3.63, 3.8) is 0 Å². The van der Waals surface area contributed by atoms with Crippen LogP contribution in [0.25, 0.3) is 0 Å². The molecule has 0 spiro atoms. The van der Waals surface area contributed by atoms with E-state index in [2.05, 4.69) is 10.5 Å². The number of hydrogen-bond acceptors (Lipinski definition) is 4. The lowest BCUT2D eigenvalue weighted by Gasteiger charge is -2.12. The van der Waals surface area contributed by atoms with E-state index in [0.717, 1.165) is 11.3 Å². The van der Waals surface area contributed by atoms with Crippen LogP contribution in [0.3, 0.4) is 0 Å². The topological polar surface area (TPSA) is 83.8 Å². The van der Waals surface area contributed by atoms with Crippen LogP contribution in [0.4, 0.5) is 0 Å². The number of nitrogens with two attached hydrogens (primary N) is 1. The molecule has 20 heavy (non-hydrogen) atoms. The van der Waals surface area contributed by atoms with E-state index in [0.29, 0.717) is 17.1 Å². The van der Waals surface area contributed by atoms with Crippen molar-refractivity contribution in [3.8, 4) is 0 Å². The number of nitrogens with zero attached hydrogens (tertiary/aromatic N) is 1. The van der Waals surface area contributed by atoms with Crippen LogP contribution in [0.15, 0.2) is 46.2 Å². The quantitative estimate of drug-likeness (QED) is 0.342. The molecule has 0 aliphatic rings. The minimum atomic E-state index is 0.0374. The van der Waals surface area contributed by atoms with Gasteiger partial charge in [-0.25, -0.2) is 0 Å². The Hall–Kier alpha value is -1.98. The average molecular weight is 294 g/mol. The van der Waals surface area contributed by atoms with E-state index in [1.165, 1.54) is 0 Å². The van der Waals surface area contributed by atoms with Crippen LogP contribution in [0, 0.1) is 0 Å². The van der Waals surface area contributed by atoms with Crippen molar-refractivity contribution in [3.05, 3.63) is 58.5 Å². The van der Waals surface area contributed by atoms with Crippen LogP contribution in [0.2, 0.25) is 5.02 Å². The molecule has 0 aliphatic heterocycles. The van der Waals surface area contributed by atoms with Crippen molar-refractivity contribution in [1.82, 2.24) is 5.32 Å². The van der Waals surface area contributed by atoms with Gasteiger partial charge in [0.1, 0.15) is 5.76 Å². The smallest absolute Gasteiger partial charge is 0.170 e. The van der Waals surface area contributed by atoms with Crippen molar-refractivity contribution in [2.75, 3.05) is 0 Å². The molecule has 0 saturated carbocycles. The summed E-state index contributed by atoms with van der Waals surface area (Å²) in [6, 6.07) is 9.13. The lowest BCUT2D eigenvalue weighted by molar-refractivity contribution is 0.318. The van der Waals surface area contributed by atoms with Gasteiger partial charge in [-0.2, -0.15) is 0 Å². The third-order valence-electron chi connectivity index (χ3n) is 3.03. The standard InChI is InChI=1S/C14H16ClN3O2/c1-9(13-3-2-6-20-13)17-8-11-5-4-10(7-12(11)15)14(16)18-19/h2-7,9,17,19H,8H2,1H3,(H2,16,18)/t9-/m0/s1. The summed E-state index contributed by atoms with van der Waals surface area (Å²) in [5.74, 6) is 0.907. The number of hydrogen-bond donors (Lipinski definition) is 3. The van der Waals surface area contributed by atoms with Gasteiger partial charge < -0.3 is 20.7 Å². The van der Waals surface area contributed by atoms with Gasteiger partial charge in [-0.15, -0.1) is 0 Å². The SMILES string of the molecule is C[C@H](NCc1ccc(/C(N)=N/O)cc1Cl)c1ccco1. The molecule has 2 aromatic rings. The third-order valence-corrected chi connectivity index (χ3v) is 3.38. The van der Waals surface area contributed by atoms with Crippen LogP contribution in [-0.2, 0) is 6.54 Å². The first-order valence-electron chi connectivity index (χ1n) is 6.15. The van der Waals surface area contributed by atoms with E-state index in [4.69, 9.17) is 27.0 Å². The summed E-state index contributed by atoms with van der Waals surface area (Å²) in [5.41, 5.74) is 7.03. The fourth-order valence-electron chi connectivity index (χ4n) is 1.81. The van der Waals surface area contributed by atoms with Gasteiger partial charge in [0, 0.05) is 17.1 Å². The highest BCUT2D eigenvalue weighted by Gasteiger charge is 2.09. The maximum absolute atomic E-state index is 8.63. The van der Waals surface area contributed by atoms with Crippen molar-refractivity contribution < 1.29 is 9.62 Å². The molecule has 0 aliphatic carbocycles. The van der Waals surface area contributed by atoms with E-state index in [9.17, 15) is 0 Å². The van der Waals surface area contributed by atoms with Crippen LogP contribution in [0.5, 0.6) is 0 Å². The van der Waals surface area contributed by atoms with Gasteiger partial charge in [-0.1, -0.05) is 28.9 Å². The van der Waals surface area contributed by atoms with Crippen molar-refractivity contribution in [2.24, 2.45) is 10.9 Å². The molecule has 4 N–H and O–H groups in total. The van der Waals surface area contributed by atoms with E-state index in [-0.39, 0.29) is 11.9 Å². The molecule has 0 radical (unpaired) electrons. The fourth-order valence-corrected chi connectivity index (χ4v) is 2.06. The maximum atomic E-state index is 8.63. The normalized spacial score (nSPS) is 13.4. The molecule has 106 valence electrons. The summed E-state index contributed by atoms with van der Waals surface area (Å²) >= 11 is 6.18. The number of halogens is 1. The van der Waals surface area contributed by atoms with Gasteiger partial charge in [-0.05, 0) is 30.7 Å². The molecule has 0 bridgehead atoms. The predicted molar refractivity (Wildman–Crippen MR) is 77.9 cm³/mol. The largest absolute Gasteiger partial charge is 0.468 e. The first kappa shape index (κ1) is 14.4. The summed E-state index contributed by atoms with van der Waals surface area (Å²) in [5, 5.41) is 15.5. The first-order chi connectivity index (χ1) is 9.61. The summed E-state index contributed by atoms with van der Waals surface area (Å²) in [6.07, 6.45) is 1.65. The minimum absolute atomic E-state index is 0.0374. The van der Waals surface area contributed by atoms with Gasteiger partial charge >= 0.3 is 0 Å². The van der Waals surface area contributed by atoms with Crippen molar-refractivity contribution >= 4 is 17.4 Å². The average Bonchev–Trinajstić information content (AvgIpc) is 2.99. The van der Waals surface area contributed by atoms with E-state index in [1.54, 1.807) is 18.4 Å². The molecule has 1 aromatic carbocycles. The van der Waals surface area contributed by atoms with Crippen LogP contribution in [-0.4, -0.2) is 11.0 Å². The van der Waals surface area contributed by atoms with Crippen LogP contribution < -0.4 is 11.1 Å². The Labute approximate surface area is 122 Å². The number of rotatable bonds is 5. The fraction of sp³-hybridized carbons (Fsp3) is 0.214. The van der Waals surface area contributed by atoms with Gasteiger partial charge in [0.2, 0.25) is 0 Å². The first-order valence-corrected chi connectivity index (χ1v) is 6.52. The molecule has 2 rings (SSSR count). The molecule has 1 aromatic heterocycles. The zero-order valence-corrected chi connectivity index (χ0v) is 11.8. The Bertz CT molecular complexity index is 596. The number of benzene rings is 1. The lowest BCUT2D eigenvalue weighted by Crippen LogP contribution is -2.18. The Morgan fingerprint density at radius 3 is 2.90 bits per heavy atom. The second-order valence-corrected chi connectivity index (χ2v) is 4.82. The highest BCUT2D eigenvalue weighted by Crippen LogP contribution is 2.19. The van der Waals surface area contributed by atoms with Gasteiger partial charge in [-0.3, -0.25) is 0 Å². The lowest BCUT2D eigenvalue weighted by atomic mass is 10.1. The third kappa shape index (κ3) is 3.31. The summed E-state index contributed by atoms with van der Waals surface area (Å²) in [4.78, 5) is 0. The molecule has 0 fully saturated rings. The molecule has 6 heteroatoms. The van der Waals surface area contributed by atoms with Gasteiger partial charge in [0.25, 0.3) is 0 Å². The summed E-state index contributed by atoms with van der Waals surface area (Å²) in [7, 11) is 0. The highest BCUT2D eigenvalue weighted by molar-refractivity contribution is 6.31. The molecule has 0 saturated heterocycles. The molecular formula is C14H16ClN3O2. The Balaban J connectivity index is 2.03. The Kier molecular flexibility index (Phi) is 4.65. The Morgan fingerprint density at radius 2 is 2.30 bits per heavy atom. The number of furan rings is 1. The summed E-state index contributed by atoms with van der Waals surface area (Å²) < 4.78 is 5.32. The molecule has 1 atom stereocenters. The maximum Gasteiger partial charge on any atom is 0.170 e. The predicted octanol–water partition coefficient (Wildman–Crippen LogP) is 2.88. The Morgan fingerprint density at radius 1 is 1.50 bits per heavy atom. The van der Waals surface area contributed by atoms with E-state index in [1.807, 2.05) is 25.1 Å².